The monoisotopic (exact) mass is 329 g/mol. The third-order valence-electron chi connectivity index (χ3n) is 3.14. The summed E-state index contributed by atoms with van der Waals surface area (Å²) in [6.07, 6.45) is 0. The molecule has 126 valence electrons. The maximum atomic E-state index is 11.8. The van der Waals surface area contributed by atoms with Gasteiger partial charge in [-0.3, -0.25) is 4.79 Å². The fourth-order valence-corrected chi connectivity index (χ4v) is 1.89. The highest BCUT2D eigenvalue weighted by Gasteiger charge is 2.09. The number of aliphatic hydroxyl groups excluding tert-OH is 1. The van der Waals surface area contributed by atoms with Crippen LogP contribution in [0.5, 0.6) is 5.75 Å². The Kier molecular flexibility index (Phi) is 6.79. The zero-order valence-corrected chi connectivity index (χ0v) is 13.1. The normalized spacial score (nSPS) is 10.0. The molecule has 0 saturated heterocycles. The largest absolute Gasteiger partial charge is 0.492 e. The lowest BCUT2D eigenvalue weighted by atomic mass is 10.1. The van der Waals surface area contributed by atoms with Gasteiger partial charge in [-0.25, -0.2) is 4.79 Å². The first-order valence-electron chi connectivity index (χ1n) is 7.50. The van der Waals surface area contributed by atoms with E-state index in [-0.39, 0.29) is 13.2 Å². The minimum atomic E-state index is -0.588. The number of para-hydroxylation sites is 1. The molecule has 2 N–H and O–H groups in total. The summed E-state index contributed by atoms with van der Waals surface area (Å²) in [7, 11) is 0. The number of hydrogen-bond acceptors (Lipinski definition) is 5. The van der Waals surface area contributed by atoms with Gasteiger partial charge in [-0.15, -0.1) is 0 Å². The molecule has 0 aromatic heterocycles. The Bertz CT molecular complexity index is 655. The number of rotatable bonds is 8. The van der Waals surface area contributed by atoms with Crippen LogP contribution < -0.4 is 10.1 Å². The summed E-state index contributed by atoms with van der Waals surface area (Å²) in [6.45, 7) is 0.192. The van der Waals surface area contributed by atoms with Crippen molar-refractivity contribution in [2.45, 2.75) is 6.61 Å². The minimum Gasteiger partial charge on any atom is -0.492 e. The Morgan fingerprint density at radius 3 is 2.38 bits per heavy atom. The van der Waals surface area contributed by atoms with Crippen molar-refractivity contribution in [1.82, 2.24) is 5.32 Å². The van der Waals surface area contributed by atoms with E-state index in [1.807, 2.05) is 30.3 Å². The van der Waals surface area contributed by atoms with Crippen molar-refractivity contribution in [3.05, 3.63) is 65.7 Å². The Morgan fingerprint density at radius 1 is 1.00 bits per heavy atom. The van der Waals surface area contributed by atoms with Crippen molar-refractivity contribution in [3.63, 3.8) is 0 Å². The minimum absolute atomic E-state index is 0.0945. The summed E-state index contributed by atoms with van der Waals surface area (Å²) in [4.78, 5) is 23.4. The summed E-state index contributed by atoms with van der Waals surface area (Å²) in [5.41, 5.74) is 1.02. The zero-order valence-electron chi connectivity index (χ0n) is 13.1. The third kappa shape index (κ3) is 5.73. The number of carbonyl (C=O) groups excluding carboxylic acids is 2. The first-order chi connectivity index (χ1) is 11.7. The molecule has 0 atom stereocenters. The van der Waals surface area contributed by atoms with E-state index >= 15 is 0 Å². The van der Waals surface area contributed by atoms with E-state index in [4.69, 9.17) is 14.6 Å². The molecule has 0 unspecified atom stereocenters. The maximum Gasteiger partial charge on any atom is 0.338 e. The molecular formula is C18H19NO5. The molecule has 24 heavy (non-hydrogen) atoms. The molecule has 0 aliphatic carbocycles. The Balaban J connectivity index is 1.64. The fourth-order valence-electron chi connectivity index (χ4n) is 1.89. The van der Waals surface area contributed by atoms with Crippen LogP contribution in [-0.4, -0.2) is 36.7 Å². The van der Waals surface area contributed by atoms with Gasteiger partial charge in [0.25, 0.3) is 5.91 Å². The first-order valence-corrected chi connectivity index (χ1v) is 7.50. The van der Waals surface area contributed by atoms with E-state index in [0.717, 1.165) is 5.75 Å². The van der Waals surface area contributed by atoms with Gasteiger partial charge in [-0.2, -0.15) is 0 Å². The smallest absolute Gasteiger partial charge is 0.338 e. The molecule has 2 aromatic rings. The second-order valence-corrected chi connectivity index (χ2v) is 4.94. The lowest BCUT2D eigenvalue weighted by molar-refractivity contribution is -0.124. The number of esters is 1. The Morgan fingerprint density at radius 2 is 1.71 bits per heavy atom. The maximum absolute atomic E-state index is 11.8. The molecule has 6 heteroatoms. The molecule has 0 fully saturated rings. The van der Waals surface area contributed by atoms with E-state index < -0.39 is 11.9 Å². The molecule has 0 bridgehead atoms. The van der Waals surface area contributed by atoms with E-state index in [1.54, 1.807) is 24.3 Å². The van der Waals surface area contributed by atoms with E-state index in [1.165, 1.54) is 0 Å². The van der Waals surface area contributed by atoms with Crippen molar-refractivity contribution >= 4 is 11.9 Å². The number of hydrogen-bond donors (Lipinski definition) is 2. The molecule has 1 amide bonds. The van der Waals surface area contributed by atoms with Gasteiger partial charge >= 0.3 is 5.97 Å². The van der Waals surface area contributed by atoms with Gasteiger partial charge in [0.15, 0.2) is 6.61 Å². The van der Waals surface area contributed by atoms with E-state index in [2.05, 4.69) is 5.32 Å². The van der Waals surface area contributed by atoms with Crippen LogP contribution in [-0.2, 0) is 16.1 Å². The van der Waals surface area contributed by atoms with Gasteiger partial charge in [0, 0.05) is 0 Å². The lowest BCUT2D eigenvalue weighted by Crippen LogP contribution is -2.32. The Labute approximate surface area is 140 Å². The van der Waals surface area contributed by atoms with Crippen molar-refractivity contribution < 1.29 is 24.2 Å². The highest BCUT2D eigenvalue weighted by molar-refractivity contribution is 5.91. The molecule has 0 spiro atoms. The highest BCUT2D eigenvalue weighted by Crippen LogP contribution is 2.07. The fraction of sp³-hybridized carbons (Fsp3) is 0.222. The molecular weight excluding hydrogens is 310 g/mol. The van der Waals surface area contributed by atoms with E-state index in [0.29, 0.717) is 24.3 Å². The third-order valence-corrected chi connectivity index (χ3v) is 3.14. The molecule has 0 aliphatic rings. The summed E-state index contributed by atoms with van der Waals surface area (Å²) < 4.78 is 10.4. The number of benzene rings is 2. The number of amides is 1. The van der Waals surface area contributed by atoms with Gasteiger partial charge in [0.1, 0.15) is 12.4 Å². The van der Waals surface area contributed by atoms with Crippen LogP contribution in [0.15, 0.2) is 54.6 Å². The molecule has 0 heterocycles. The lowest BCUT2D eigenvalue weighted by Gasteiger charge is -2.08. The van der Waals surface area contributed by atoms with Crippen LogP contribution in [0.1, 0.15) is 15.9 Å². The summed E-state index contributed by atoms with van der Waals surface area (Å²) in [6, 6.07) is 15.6. The van der Waals surface area contributed by atoms with E-state index in [9.17, 15) is 9.59 Å². The van der Waals surface area contributed by atoms with Gasteiger partial charge < -0.3 is 19.9 Å². The van der Waals surface area contributed by atoms with Crippen molar-refractivity contribution in [2.24, 2.45) is 0 Å². The van der Waals surface area contributed by atoms with Crippen molar-refractivity contribution in [2.75, 3.05) is 19.8 Å². The second-order valence-electron chi connectivity index (χ2n) is 4.94. The molecule has 0 aliphatic heterocycles. The predicted molar refractivity (Wildman–Crippen MR) is 87.6 cm³/mol. The number of carbonyl (C=O) groups is 2. The zero-order chi connectivity index (χ0) is 17.2. The number of aliphatic hydroxyl groups is 1. The van der Waals surface area contributed by atoms with Crippen LogP contribution in [0.2, 0.25) is 0 Å². The quantitative estimate of drug-likeness (QED) is 0.567. The number of nitrogens with one attached hydrogen (secondary N) is 1. The van der Waals surface area contributed by atoms with Crippen LogP contribution in [0.25, 0.3) is 0 Å². The SMILES string of the molecule is O=C(COC(=O)c1ccc(CO)cc1)NCCOc1ccccc1. The first kappa shape index (κ1) is 17.5. The molecule has 6 nitrogen and oxygen atoms in total. The van der Waals surface area contributed by atoms with Crippen LogP contribution in [0, 0.1) is 0 Å². The molecule has 2 rings (SSSR count). The van der Waals surface area contributed by atoms with Crippen LogP contribution in [0.4, 0.5) is 0 Å². The predicted octanol–water partition coefficient (Wildman–Crippen LogP) is 1.53. The standard InChI is InChI=1S/C18H19NO5/c20-12-14-6-8-15(9-7-14)18(22)24-13-17(21)19-10-11-23-16-4-2-1-3-5-16/h1-9,20H,10-13H2,(H,19,21). The van der Waals surface area contributed by atoms with Crippen LogP contribution >= 0.6 is 0 Å². The van der Waals surface area contributed by atoms with Gasteiger partial charge in [0.05, 0.1) is 18.7 Å². The summed E-state index contributed by atoms with van der Waals surface area (Å²) >= 11 is 0. The van der Waals surface area contributed by atoms with Gasteiger partial charge in [0.2, 0.25) is 0 Å². The topological polar surface area (TPSA) is 84.9 Å². The van der Waals surface area contributed by atoms with Crippen molar-refractivity contribution in [3.8, 4) is 5.75 Å². The number of ether oxygens (including phenoxy) is 2. The molecule has 0 saturated carbocycles. The van der Waals surface area contributed by atoms with Crippen molar-refractivity contribution in [1.29, 1.82) is 0 Å². The molecule has 2 aromatic carbocycles. The average Bonchev–Trinajstić information content (AvgIpc) is 2.64. The Hall–Kier alpha value is -2.86. The second kappa shape index (κ2) is 9.32. The van der Waals surface area contributed by atoms with Gasteiger partial charge in [-0.05, 0) is 29.8 Å². The average molecular weight is 329 g/mol. The van der Waals surface area contributed by atoms with Crippen LogP contribution in [0.3, 0.4) is 0 Å². The van der Waals surface area contributed by atoms with Gasteiger partial charge in [-0.1, -0.05) is 30.3 Å². The molecule has 0 radical (unpaired) electrons. The highest BCUT2D eigenvalue weighted by atomic mass is 16.5. The summed E-state index contributed by atoms with van der Waals surface area (Å²) in [5, 5.41) is 11.5. The summed E-state index contributed by atoms with van der Waals surface area (Å²) in [5.74, 6) is -0.258.